The van der Waals surface area contributed by atoms with E-state index in [2.05, 4.69) is 38.2 Å². The Morgan fingerprint density at radius 1 is 1.04 bits per heavy atom. The van der Waals surface area contributed by atoms with Gasteiger partial charge in [0.2, 0.25) is 5.91 Å². The molecule has 0 aliphatic rings. The Labute approximate surface area is 166 Å². The summed E-state index contributed by atoms with van der Waals surface area (Å²) < 4.78 is 1.73. The molecule has 3 aromatic rings. The van der Waals surface area contributed by atoms with E-state index in [4.69, 9.17) is 0 Å². The molecule has 1 N–H and O–H groups in total. The Balaban J connectivity index is 1.87. The minimum atomic E-state index is -0.0847. The van der Waals surface area contributed by atoms with Gasteiger partial charge in [-0.2, -0.15) is 0 Å². The number of hydrogen-bond donors (Lipinski definition) is 1. The molecule has 1 heterocycles. The van der Waals surface area contributed by atoms with Crippen molar-refractivity contribution in [3.63, 3.8) is 0 Å². The van der Waals surface area contributed by atoms with Crippen LogP contribution in [0.15, 0.2) is 47.3 Å². The topological polar surface area (TPSA) is 51.1 Å². The molecule has 0 fully saturated rings. The first-order valence-electron chi connectivity index (χ1n) is 9.78. The number of anilines is 1. The Kier molecular flexibility index (Phi) is 5.68. The third-order valence-corrected chi connectivity index (χ3v) is 5.16. The van der Waals surface area contributed by atoms with E-state index in [9.17, 15) is 9.59 Å². The molecule has 0 spiro atoms. The number of rotatable bonds is 5. The van der Waals surface area contributed by atoms with Crippen LogP contribution < -0.4 is 10.9 Å². The van der Waals surface area contributed by atoms with E-state index in [1.165, 1.54) is 5.56 Å². The lowest BCUT2D eigenvalue weighted by Gasteiger charge is -2.16. The van der Waals surface area contributed by atoms with Gasteiger partial charge in [-0.15, -0.1) is 0 Å². The van der Waals surface area contributed by atoms with E-state index in [0.29, 0.717) is 12.5 Å². The molecule has 0 atom stereocenters. The van der Waals surface area contributed by atoms with Crippen LogP contribution in [0.1, 0.15) is 48.4 Å². The van der Waals surface area contributed by atoms with Crippen LogP contribution in [0.5, 0.6) is 0 Å². The highest BCUT2D eigenvalue weighted by Gasteiger charge is 2.13. The van der Waals surface area contributed by atoms with Crippen LogP contribution in [-0.4, -0.2) is 10.5 Å². The van der Waals surface area contributed by atoms with Gasteiger partial charge in [0.1, 0.15) is 0 Å². The summed E-state index contributed by atoms with van der Waals surface area (Å²) in [4.78, 5) is 25.2. The first kappa shape index (κ1) is 19.9. The lowest BCUT2D eigenvalue weighted by molar-refractivity contribution is -0.116. The molecular weight excluding hydrogens is 348 g/mol. The number of carbonyl (C=O) groups is 1. The second kappa shape index (κ2) is 8.01. The fourth-order valence-electron chi connectivity index (χ4n) is 3.83. The van der Waals surface area contributed by atoms with Crippen molar-refractivity contribution in [3.05, 3.63) is 75.1 Å². The van der Waals surface area contributed by atoms with Crippen LogP contribution in [0, 0.1) is 20.8 Å². The van der Waals surface area contributed by atoms with Gasteiger partial charge in [-0.1, -0.05) is 43.7 Å². The van der Waals surface area contributed by atoms with Gasteiger partial charge >= 0.3 is 0 Å². The first-order valence-corrected chi connectivity index (χ1v) is 9.78. The van der Waals surface area contributed by atoms with Gasteiger partial charge in [0.15, 0.2) is 0 Å². The van der Waals surface area contributed by atoms with Crippen molar-refractivity contribution in [1.82, 2.24) is 4.57 Å². The molecule has 0 radical (unpaired) electrons. The van der Waals surface area contributed by atoms with E-state index in [1.54, 1.807) is 10.6 Å². The lowest BCUT2D eigenvalue weighted by Crippen LogP contribution is -2.24. The normalized spacial score (nSPS) is 11.2. The maximum Gasteiger partial charge on any atom is 0.251 e. The zero-order valence-corrected chi connectivity index (χ0v) is 17.3. The van der Waals surface area contributed by atoms with Crippen molar-refractivity contribution in [2.75, 3.05) is 5.32 Å². The monoisotopic (exact) mass is 376 g/mol. The van der Waals surface area contributed by atoms with E-state index in [-0.39, 0.29) is 17.9 Å². The van der Waals surface area contributed by atoms with Crippen molar-refractivity contribution in [2.45, 2.75) is 53.5 Å². The van der Waals surface area contributed by atoms with Crippen LogP contribution in [0.4, 0.5) is 5.69 Å². The van der Waals surface area contributed by atoms with Crippen molar-refractivity contribution in [1.29, 1.82) is 0 Å². The Hall–Kier alpha value is -2.88. The van der Waals surface area contributed by atoms with E-state index < -0.39 is 0 Å². The summed E-state index contributed by atoms with van der Waals surface area (Å²) in [6.07, 6.45) is 0.248. The summed E-state index contributed by atoms with van der Waals surface area (Å²) >= 11 is 0. The number of benzene rings is 2. The van der Waals surface area contributed by atoms with Crippen molar-refractivity contribution in [2.24, 2.45) is 0 Å². The zero-order valence-electron chi connectivity index (χ0n) is 17.3. The molecule has 1 aromatic heterocycles. The Bertz CT molecular complexity index is 1090. The predicted molar refractivity (Wildman–Crippen MR) is 116 cm³/mol. The summed E-state index contributed by atoms with van der Waals surface area (Å²) in [5.41, 5.74) is 6.01. The second-order valence-corrected chi connectivity index (χ2v) is 7.84. The molecule has 0 unspecified atom stereocenters. The highest BCUT2D eigenvalue weighted by molar-refractivity contribution is 5.92. The number of fused-ring (bicyclic) bond motifs is 1. The number of nitrogens with zero attached hydrogens (tertiary/aromatic N) is 1. The smallest absolute Gasteiger partial charge is 0.251 e. The number of hydrogen-bond acceptors (Lipinski definition) is 2. The first-order chi connectivity index (χ1) is 13.3. The molecule has 0 aliphatic heterocycles. The van der Waals surface area contributed by atoms with E-state index in [0.717, 1.165) is 33.3 Å². The highest BCUT2D eigenvalue weighted by Crippen LogP contribution is 2.25. The number of aryl methyl sites for hydroxylation is 4. The number of aromatic nitrogens is 1. The SMILES string of the molecule is Cc1cc(C)c2c(c1)c(C)cc(=O)n2CCC(=O)Nc1ccccc1C(C)C. The van der Waals surface area contributed by atoms with E-state index >= 15 is 0 Å². The van der Waals surface area contributed by atoms with Crippen LogP contribution in [0.3, 0.4) is 0 Å². The number of carbonyl (C=O) groups excluding carboxylic acids is 1. The summed E-state index contributed by atoms with van der Waals surface area (Å²) in [6.45, 7) is 10.6. The number of pyridine rings is 1. The largest absolute Gasteiger partial charge is 0.326 e. The predicted octanol–water partition coefficient (Wildman–Crippen LogP) is 5.08. The number of amides is 1. The van der Waals surface area contributed by atoms with Gasteiger partial charge in [-0.25, -0.2) is 0 Å². The van der Waals surface area contributed by atoms with Gasteiger partial charge in [-0.3, -0.25) is 9.59 Å². The molecule has 28 heavy (non-hydrogen) atoms. The second-order valence-electron chi connectivity index (χ2n) is 7.84. The Morgan fingerprint density at radius 2 is 1.75 bits per heavy atom. The van der Waals surface area contributed by atoms with Gasteiger partial charge in [0.25, 0.3) is 5.56 Å². The lowest BCUT2D eigenvalue weighted by atomic mass is 10.0. The van der Waals surface area contributed by atoms with Gasteiger partial charge in [-0.05, 0) is 55.5 Å². The molecule has 0 aliphatic carbocycles. The standard InChI is InChI=1S/C24H28N2O2/c1-15(2)19-8-6-7-9-21(19)25-22(27)10-11-26-23(28)14-17(4)20-13-16(3)12-18(5)24(20)26/h6-9,12-15H,10-11H2,1-5H3,(H,25,27). The Morgan fingerprint density at radius 3 is 2.46 bits per heavy atom. The summed E-state index contributed by atoms with van der Waals surface area (Å²) in [6, 6.07) is 13.7. The minimum absolute atomic E-state index is 0.0627. The summed E-state index contributed by atoms with van der Waals surface area (Å²) in [7, 11) is 0. The average molecular weight is 377 g/mol. The molecule has 1 amide bonds. The third-order valence-electron chi connectivity index (χ3n) is 5.16. The quantitative estimate of drug-likeness (QED) is 0.675. The molecule has 0 saturated heterocycles. The molecule has 146 valence electrons. The fourth-order valence-corrected chi connectivity index (χ4v) is 3.83. The highest BCUT2D eigenvalue weighted by atomic mass is 16.1. The molecule has 4 nitrogen and oxygen atoms in total. The van der Waals surface area contributed by atoms with Crippen LogP contribution in [0.25, 0.3) is 10.9 Å². The molecule has 0 saturated carbocycles. The molecule has 4 heteroatoms. The third kappa shape index (κ3) is 4.01. The zero-order chi connectivity index (χ0) is 20.4. The molecule has 0 bridgehead atoms. The fraction of sp³-hybridized carbons (Fsp3) is 0.333. The molecule has 2 aromatic carbocycles. The van der Waals surface area contributed by atoms with Gasteiger partial charge < -0.3 is 9.88 Å². The molecule has 3 rings (SSSR count). The minimum Gasteiger partial charge on any atom is -0.326 e. The van der Waals surface area contributed by atoms with Crippen LogP contribution >= 0.6 is 0 Å². The molecular formula is C24H28N2O2. The van der Waals surface area contributed by atoms with Crippen LogP contribution in [-0.2, 0) is 11.3 Å². The van der Waals surface area contributed by atoms with Crippen molar-refractivity contribution >= 4 is 22.5 Å². The van der Waals surface area contributed by atoms with Crippen molar-refractivity contribution < 1.29 is 4.79 Å². The van der Waals surface area contributed by atoms with Crippen LogP contribution in [0.2, 0.25) is 0 Å². The number of nitrogens with one attached hydrogen (secondary N) is 1. The average Bonchev–Trinajstić information content (AvgIpc) is 2.62. The number of para-hydroxylation sites is 1. The maximum absolute atomic E-state index is 12.6. The summed E-state index contributed by atoms with van der Waals surface area (Å²) in [5.74, 6) is 0.240. The maximum atomic E-state index is 12.6. The van der Waals surface area contributed by atoms with Gasteiger partial charge in [0, 0.05) is 30.1 Å². The van der Waals surface area contributed by atoms with Crippen molar-refractivity contribution in [3.8, 4) is 0 Å². The summed E-state index contributed by atoms with van der Waals surface area (Å²) in [5, 5.41) is 4.08. The van der Waals surface area contributed by atoms with E-state index in [1.807, 2.05) is 38.1 Å². The van der Waals surface area contributed by atoms with Gasteiger partial charge in [0.05, 0.1) is 5.52 Å².